The number of benzene rings is 1. The maximum atomic E-state index is 12.5. The summed E-state index contributed by atoms with van der Waals surface area (Å²) in [5.74, 6) is -1.07. The van der Waals surface area contributed by atoms with Gasteiger partial charge in [0.25, 0.3) is 0 Å². The van der Waals surface area contributed by atoms with Crippen LogP contribution in [0.15, 0.2) is 29.3 Å². The number of allylic oxidation sites excluding steroid dienone is 1. The summed E-state index contributed by atoms with van der Waals surface area (Å²) in [4.78, 5) is 23.7. The number of carbonyl (C=O) groups is 2. The van der Waals surface area contributed by atoms with E-state index in [1.807, 2.05) is 32.0 Å². The van der Waals surface area contributed by atoms with Crippen molar-refractivity contribution in [3.05, 3.63) is 46.0 Å². The van der Waals surface area contributed by atoms with Crippen molar-refractivity contribution < 1.29 is 14.7 Å². The molecule has 3 nitrogen and oxygen atoms in total. The van der Waals surface area contributed by atoms with Gasteiger partial charge in [0.2, 0.25) is 0 Å². The molecular weight excluding hydrogens is 240 g/mol. The number of aryl methyl sites for hydroxylation is 2. The topological polar surface area (TPSA) is 54.4 Å². The first-order chi connectivity index (χ1) is 8.99. The molecular formula is C16H18O3. The molecule has 0 aliphatic heterocycles. The van der Waals surface area contributed by atoms with Crippen LogP contribution in [0.3, 0.4) is 0 Å². The number of rotatable bonds is 3. The van der Waals surface area contributed by atoms with Crippen molar-refractivity contribution in [2.24, 2.45) is 0 Å². The van der Waals surface area contributed by atoms with Gasteiger partial charge in [-0.1, -0.05) is 17.2 Å². The van der Waals surface area contributed by atoms with E-state index >= 15 is 0 Å². The lowest BCUT2D eigenvalue weighted by Gasteiger charge is -2.17. The van der Waals surface area contributed by atoms with Crippen LogP contribution >= 0.6 is 0 Å². The highest BCUT2D eigenvalue weighted by Crippen LogP contribution is 2.28. The largest absolute Gasteiger partial charge is 0.478 e. The second kappa shape index (κ2) is 5.39. The van der Waals surface area contributed by atoms with Crippen LogP contribution in [0.1, 0.15) is 47.2 Å². The van der Waals surface area contributed by atoms with Gasteiger partial charge in [0.15, 0.2) is 5.78 Å². The Hall–Kier alpha value is -1.90. The van der Waals surface area contributed by atoms with E-state index in [0.29, 0.717) is 29.6 Å². The molecule has 0 atom stereocenters. The zero-order chi connectivity index (χ0) is 14.0. The summed E-state index contributed by atoms with van der Waals surface area (Å²) in [7, 11) is 0. The van der Waals surface area contributed by atoms with E-state index < -0.39 is 5.97 Å². The Balaban J connectivity index is 2.44. The van der Waals surface area contributed by atoms with E-state index in [2.05, 4.69) is 0 Å². The number of carboxylic acid groups (broad SMARTS) is 1. The first-order valence-corrected chi connectivity index (χ1v) is 6.57. The molecule has 0 saturated heterocycles. The van der Waals surface area contributed by atoms with Crippen molar-refractivity contribution in [1.29, 1.82) is 0 Å². The van der Waals surface area contributed by atoms with Crippen LogP contribution in [0, 0.1) is 13.8 Å². The van der Waals surface area contributed by atoms with Crippen LogP contribution in [0.4, 0.5) is 0 Å². The lowest BCUT2D eigenvalue weighted by Crippen LogP contribution is -2.16. The SMILES string of the molecule is Cc1cc(C)cc(C(=O)C2=C(C(=O)O)CCCC2)c1. The Kier molecular flexibility index (Phi) is 3.84. The highest BCUT2D eigenvalue weighted by molar-refractivity contribution is 6.12. The Bertz CT molecular complexity index is 547. The molecule has 0 radical (unpaired) electrons. The molecule has 1 aliphatic rings. The molecule has 0 amide bonds. The quantitative estimate of drug-likeness (QED) is 0.845. The molecule has 0 unspecified atom stereocenters. The molecule has 100 valence electrons. The smallest absolute Gasteiger partial charge is 0.331 e. The monoisotopic (exact) mass is 258 g/mol. The number of carbonyl (C=O) groups excluding carboxylic acids is 1. The summed E-state index contributed by atoms with van der Waals surface area (Å²) in [5.41, 5.74) is 3.44. The van der Waals surface area contributed by atoms with Gasteiger partial charge >= 0.3 is 5.97 Å². The van der Waals surface area contributed by atoms with Crippen LogP contribution in [0.2, 0.25) is 0 Å². The van der Waals surface area contributed by atoms with Crippen molar-refractivity contribution in [2.45, 2.75) is 39.5 Å². The average molecular weight is 258 g/mol. The van der Waals surface area contributed by atoms with Gasteiger partial charge in [0.1, 0.15) is 0 Å². The molecule has 0 bridgehead atoms. The minimum atomic E-state index is -0.951. The van der Waals surface area contributed by atoms with Crippen molar-refractivity contribution in [1.82, 2.24) is 0 Å². The van der Waals surface area contributed by atoms with Crippen molar-refractivity contribution in [3.8, 4) is 0 Å². The molecule has 3 heteroatoms. The third kappa shape index (κ3) is 2.92. The summed E-state index contributed by atoms with van der Waals surface area (Å²) in [6.45, 7) is 3.88. The predicted molar refractivity (Wildman–Crippen MR) is 73.4 cm³/mol. The Morgan fingerprint density at radius 1 is 0.947 bits per heavy atom. The van der Waals surface area contributed by atoms with E-state index in [4.69, 9.17) is 0 Å². The fourth-order valence-corrected chi connectivity index (χ4v) is 2.67. The minimum Gasteiger partial charge on any atom is -0.478 e. The summed E-state index contributed by atoms with van der Waals surface area (Å²) in [5, 5.41) is 9.20. The molecule has 19 heavy (non-hydrogen) atoms. The first-order valence-electron chi connectivity index (χ1n) is 6.57. The summed E-state index contributed by atoms with van der Waals surface area (Å²) in [6, 6.07) is 5.66. The number of ketones is 1. The van der Waals surface area contributed by atoms with Crippen LogP contribution in [-0.2, 0) is 4.79 Å². The number of carboxylic acids is 1. The fraction of sp³-hybridized carbons (Fsp3) is 0.375. The maximum absolute atomic E-state index is 12.5. The molecule has 1 N–H and O–H groups in total. The first kappa shape index (κ1) is 13.5. The number of hydrogen-bond donors (Lipinski definition) is 1. The van der Waals surface area contributed by atoms with Gasteiger partial charge in [-0.3, -0.25) is 4.79 Å². The van der Waals surface area contributed by atoms with Crippen LogP contribution in [0.5, 0.6) is 0 Å². The van der Waals surface area contributed by atoms with E-state index in [1.54, 1.807) is 0 Å². The molecule has 0 fully saturated rings. The number of hydrogen-bond acceptors (Lipinski definition) is 2. The van der Waals surface area contributed by atoms with Crippen molar-refractivity contribution >= 4 is 11.8 Å². The van der Waals surface area contributed by atoms with Gasteiger partial charge in [0, 0.05) is 16.7 Å². The third-order valence-corrected chi connectivity index (χ3v) is 3.48. The minimum absolute atomic E-state index is 0.121. The molecule has 0 aromatic heterocycles. The molecule has 2 rings (SSSR count). The standard InChI is InChI=1S/C16H18O3/c1-10-7-11(2)9-12(8-10)15(17)13-5-3-4-6-14(13)16(18)19/h7-9H,3-6H2,1-2H3,(H,18,19). The van der Waals surface area contributed by atoms with Gasteiger partial charge < -0.3 is 5.11 Å². The molecule has 1 aliphatic carbocycles. The maximum Gasteiger partial charge on any atom is 0.331 e. The zero-order valence-electron chi connectivity index (χ0n) is 11.3. The van der Waals surface area contributed by atoms with E-state index in [-0.39, 0.29) is 5.78 Å². The van der Waals surface area contributed by atoms with Crippen molar-refractivity contribution in [3.63, 3.8) is 0 Å². The molecule has 1 aromatic carbocycles. The number of Topliss-reactive ketones (excluding diaryl/α,β-unsaturated/α-hetero) is 1. The van der Waals surface area contributed by atoms with E-state index in [0.717, 1.165) is 24.0 Å². The van der Waals surface area contributed by atoms with Crippen molar-refractivity contribution in [2.75, 3.05) is 0 Å². The summed E-state index contributed by atoms with van der Waals surface area (Å²) >= 11 is 0. The third-order valence-electron chi connectivity index (χ3n) is 3.48. The van der Waals surface area contributed by atoms with Gasteiger partial charge in [0.05, 0.1) is 0 Å². The highest BCUT2D eigenvalue weighted by atomic mass is 16.4. The fourth-order valence-electron chi connectivity index (χ4n) is 2.67. The lowest BCUT2D eigenvalue weighted by atomic mass is 9.86. The molecule has 0 heterocycles. The summed E-state index contributed by atoms with van der Waals surface area (Å²) < 4.78 is 0. The molecule has 0 spiro atoms. The Morgan fingerprint density at radius 2 is 1.47 bits per heavy atom. The Morgan fingerprint density at radius 3 is 2.00 bits per heavy atom. The molecule has 0 saturated carbocycles. The average Bonchev–Trinajstić information content (AvgIpc) is 2.36. The zero-order valence-corrected chi connectivity index (χ0v) is 11.3. The predicted octanol–water partition coefficient (Wildman–Crippen LogP) is 3.44. The van der Waals surface area contributed by atoms with E-state index in [9.17, 15) is 14.7 Å². The lowest BCUT2D eigenvalue weighted by molar-refractivity contribution is -0.133. The number of aliphatic carboxylic acids is 1. The van der Waals surface area contributed by atoms with Gasteiger partial charge in [-0.05, 0) is 51.7 Å². The Labute approximate surface area is 113 Å². The second-order valence-electron chi connectivity index (χ2n) is 5.17. The van der Waals surface area contributed by atoms with Crippen LogP contribution in [0.25, 0.3) is 0 Å². The normalized spacial score (nSPS) is 15.5. The summed E-state index contributed by atoms with van der Waals surface area (Å²) in [6.07, 6.45) is 2.82. The van der Waals surface area contributed by atoms with Gasteiger partial charge in [-0.2, -0.15) is 0 Å². The molecule has 1 aromatic rings. The van der Waals surface area contributed by atoms with Crippen LogP contribution in [-0.4, -0.2) is 16.9 Å². The van der Waals surface area contributed by atoms with Gasteiger partial charge in [-0.15, -0.1) is 0 Å². The van der Waals surface area contributed by atoms with Crippen LogP contribution < -0.4 is 0 Å². The van der Waals surface area contributed by atoms with E-state index in [1.165, 1.54) is 0 Å². The van der Waals surface area contributed by atoms with Gasteiger partial charge in [-0.25, -0.2) is 4.79 Å². The second-order valence-corrected chi connectivity index (χ2v) is 5.17. The highest BCUT2D eigenvalue weighted by Gasteiger charge is 2.24.